The maximum atomic E-state index is 10.6. The zero-order chi connectivity index (χ0) is 12.1. The number of aliphatic carboxylic acids is 1. The van der Waals surface area contributed by atoms with Gasteiger partial charge in [-0.05, 0) is 17.7 Å². The van der Waals surface area contributed by atoms with Crippen molar-refractivity contribution in [1.29, 1.82) is 0 Å². The summed E-state index contributed by atoms with van der Waals surface area (Å²) in [5, 5.41) is 10.6. The average molecular weight is 225 g/mol. The Balaban J connectivity index is 2.90. The van der Waals surface area contributed by atoms with E-state index in [-0.39, 0.29) is 6.42 Å². The van der Waals surface area contributed by atoms with E-state index in [0.717, 1.165) is 5.56 Å². The molecule has 0 bridgehead atoms. The van der Waals surface area contributed by atoms with Crippen LogP contribution in [0, 0.1) is 0 Å². The summed E-state index contributed by atoms with van der Waals surface area (Å²) in [4.78, 5) is 10.6. The van der Waals surface area contributed by atoms with E-state index in [1.54, 1.807) is 32.4 Å². The third kappa shape index (κ3) is 3.13. The maximum Gasteiger partial charge on any atom is 0.129 e. The van der Waals surface area contributed by atoms with Gasteiger partial charge in [-0.3, -0.25) is 0 Å². The van der Waals surface area contributed by atoms with Crippen LogP contribution in [0.3, 0.4) is 0 Å². The summed E-state index contributed by atoms with van der Waals surface area (Å²) in [5.74, 6) is 0.0848. The molecule has 1 atom stereocenters. The van der Waals surface area contributed by atoms with Crippen LogP contribution in [0.5, 0.6) is 11.5 Å². The Labute approximate surface area is 93.8 Å². The van der Waals surface area contributed by atoms with Crippen molar-refractivity contribution < 1.29 is 25.1 Å². The molecule has 0 saturated heterocycles. The molecule has 16 heavy (non-hydrogen) atoms. The van der Waals surface area contributed by atoms with Gasteiger partial charge in [0.2, 0.25) is 0 Å². The number of quaternary nitrogens is 1. The number of carbonyl (C=O) groups is 1. The number of methoxy groups -OCH3 is 2. The number of ether oxygens (including phenoxy) is 2. The van der Waals surface area contributed by atoms with Crippen LogP contribution in [0.2, 0.25) is 0 Å². The van der Waals surface area contributed by atoms with Gasteiger partial charge in [-0.2, -0.15) is 0 Å². The molecule has 0 unspecified atom stereocenters. The third-order valence-corrected chi connectivity index (χ3v) is 2.23. The number of hydrogen-bond donors (Lipinski definition) is 1. The Bertz CT molecular complexity index is 356. The number of carboxylic acid groups (broad SMARTS) is 1. The summed E-state index contributed by atoms with van der Waals surface area (Å²) >= 11 is 0. The highest BCUT2D eigenvalue weighted by atomic mass is 16.5. The van der Waals surface area contributed by atoms with Gasteiger partial charge in [0.25, 0.3) is 0 Å². The molecular formula is C11H15NO4. The van der Waals surface area contributed by atoms with Gasteiger partial charge >= 0.3 is 0 Å². The van der Waals surface area contributed by atoms with E-state index in [0.29, 0.717) is 11.5 Å². The lowest BCUT2D eigenvalue weighted by Gasteiger charge is -2.11. The van der Waals surface area contributed by atoms with Crippen LogP contribution in [0.4, 0.5) is 0 Å². The Kier molecular flexibility index (Phi) is 4.13. The van der Waals surface area contributed by atoms with E-state index in [4.69, 9.17) is 9.47 Å². The fourth-order valence-electron chi connectivity index (χ4n) is 1.35. The predicted octanol–water partition coefficient (Wildman–Crippen LogP) is -1.39. The first-order valence-corrected chi connectivity index (χ1v) is 4.82. The van der Waals surface area contributed by atoms with Crippen molar-refractivity contribution in [2.45, 2.75) is 12.5 Å². The minimum absolute atomic E-state index is 0.288. The van der Waals surface area contributed by atoms with Crippen molar-refractivity contribution in [2.24, 2.45) is 0 Å². The van der Waals surface area contributed by atoms with Crippen LogP contribution in [-0.4, -0.2) is 26.2 Å². The first kappa shape index (κ1) is 12.3. The summed E-state index contributed by atoms with van der Waals surface area (Å²) < 4.78 is 10.2. The first-order valence-electron chi connectivity index (χ1n) is 4.82. The predicted molar refractivity (Wildman–Crippen MR) is 54.9 cm³/mol. The van der Waals surface area contributed by atoms with E-state index in [9.17, 15) is 9.90 Å². The molecule has 0 aliphatic heterocycles. The van der Waals surface area contributed by atoms with Gasteiger partial charge in [0.15, 0.2) is 0 Å². The van der Waals surface area contributed by atoms with Gasteiger partial charge in [-0.15, -0.1) is 0 Å². The molecule has 5 nitrogen and oxygen atoms in total. The molecule has 1 aromatic rings. The fraction of sp³-hybridized carbons (Fsp3) is 0.364. The molecule has 1 aromatic carbocycles. The first-order chi connectivity index (χ1) is 7.56. The molecule has 0 aromatic heterocycles. The van der Waals surface area contributed by atoms with Crippen molar-refractivity contribution in [1.82, 2.24) is 0 Å². The number of carbonyl (C=O) groups excluding carboxylic acids is 1. The zero-order valence-electron chi connectivity index (χ0n) is 9.36. The molecule has 0 spiro atoms. The molecular weight excluding hydrogens is 210 g/mol. The minimum Gasteiger partial charge on any atom is -0.544 e. The molecule has 0 saturated carbocycles. The van der Waals surface area contributed by atoms with Crippen molar-refractivity contribution >= 4 is 5.97 Å². The second-order valence-corrected chi connectivity index (χ2v) is 3.44. The molecule has 5 heteroatoms. The van der Waals surface area contributed by atoms with E-state index >= 15 is 0 Å². The number of rotatable bonds is 5. The van der Waals surface area contributed by atoms with Crippen LogP contribution in [0.15, 0.2) is 18.2 Å². The highest BCUT2D eigenvalue weighted by Crippen LogP contribution is 2.22. The lowest BCUT2D eigenvalue weighted by molar-refractivity contribution is -0.437. The van der Waals surface area contributed by atoms with Crippen LogP contribution < -0.4 is 20.3 Å². The summed E-state index contributed by atoms with van der Waals surface area (Å²) in [6, 6.07) is 4.45. The SMILES string of the molecule is COc1cc(C[C@@H]([NH3+])C(=O)[O-])cc(OC)c1. The second kappa shape index (κ2) is 5.37. The Morgan fingerprint density at radius 3 is 2.19 bits per heavy atom. The summed E-state index contributed by atoms with van der Waals surface area (Å²) in [5.41, 5.74) is 4.29. The van der Waals surface area contributed by atoms with E-state index in [2.05, 4.69) is 5.73 Å². The minimum atomic E-state index is -1.17. The van der Waals surface area contributed by atoms with Crippen LogP contribution in [0.1, 0.15) is 5.56 Å². The summed E-state index contributed by atoms with van der Waals surface area (Å²) in [6.45, 7) is 0. The van der Waals surface area contributed by atoms with Crippen molar-refractivity contribution in [3.63, 3.8) is 0 Å². The Morgan fingerprint density at radius 1 is 1.31 bits per heavy atom. The summed E-state index contributed by atoms with van der Waals surface area (Å²) in [6.07, 6.45) is 0.288. The highest BCUT2D eigenvalue weighted by molar-refractivity contribution is 5.69. The largest absolute Gasteiger partial charge is 0.544 e. The van der Waals surface area contributed by atoms with Crippen LogP contribution >= 0.6 is 0 Å². The van der Waals surface area contributed by atoms with Crippen LogP contribution in [-0.2, 0) is 11.2 Å². The molecule has 0 radical (unpaired) electrons. The van der Waals surface area contributed by atoms with Gasteiger partial charge in [-0.1, -0.05) is 0 Å². The van der Waals surface area contributed by atoms with Crippen molar-refractivity contribution in [3.8, 4) is 11.5 Å². The standard InChI is InChI=1S/C11H15NO4/c1-15-8-3-7(4-9(6-8)16-2)5-10(12)11(13)14/h3-4,6,10H,5,12H2,1-2H3,(H,13,14)/t10-/m1/s1. The molecule has 0 aliphatic carbocycles. The second-order valence-electron chi connectivity index (χ2n) is 3.44. The van der Waals surface area contributed by atoms with Crippen molar-refractivity contribution in [3.05, 3.63) is 23.8 Å². The molecule has 88 valence electrons. The van der Waals surface area contributed by atoms with Gasteiger partial charge in [-0.25, -0.2) is 0 Å². The van der Waals surface area contributed by atoms with E-state index in [1.165, 1.54) is 0 Å². The zero-order valence-corrected chi connectivity index (χ0v) is 9.36. The lowest BCUT2D eigenvalue weighted by Crippen LogP contribution is -2.69. The molecule has 1 rings (SSSR count). The normalized spacial score (nSPS) is 11.9. The fourth-order valence-corrected chi connectivity index (χ4v) is 1.35. The van der Waals surface area contributed by atoms with E-state index in [1.807, 2.05) is 0 Å². The monoisotopic (exact) mass is 225 g/mol. The molecule has 0 heterocycles. The van der Waals surface area contributed by atoms with Crippen LogP contribution in [0.25, 0.3) is 0 Å². The van der Waals surface area contributed by atoms with E-state index < -0.39 is 12.0 Å². The smallest absolute Gasteiger partial charge is 0.129 e. The van der Waals surface area contributed by atoms with Gasteiger partial charge in [0.05, 0.1) is 20.2 Å². The number of carboxylic acids is 1. The summed E-state index contributed by atoms with van der Waals surface area (Å²) in [7, 11) is 3.08. The number of hydrogen-bond acceptors (Lipinski definition) is 4. The number of benzene rings is 1. The quantitative estimate of drug-likeness (QED) is 0.668. The van der Waals surface area contributed by atoms with Gasteiger partial charge in [0.1, 0.15) is 17.5 Å². The topological polar surface area (TPSA) is 86.2 Å². The lowest BCUT2D eigenvalue weighted by atomic mass is 10.1. The Hall–Kier alpha value is -1.75. The Morgan fingerprint density at radius 2 is 1.81 bits per heavy atom. The molecule has 0 amide bonds. The van der Waals surface area contributed by atoms with Gasteiger partial charge in [0, 0.05) is 12.5 Å². The average Bonchev–Trinajstić information content (AvgIpc) is 2.28. The highest BCUT2D eigenvalue weighted by Gasteiger charge is 2.10. The maximum absolute atomic E-state index is 10.6. The third-order valence-electron chi connectivity index (χ3n) is 2.23. The molecule has 3 N–H and O–H groups in total. The van der Waals surface area contributed by atoms with Gasteiger partial charge < -0.3 is 25.1 Å². The molecule has 0 fully saturated rings. The molecule has 0 aliphatic rings. The van der Waals surface area contributed by atoms with Crippen molar-refractivity contribution in [2.75, 3.05) is 14.2 Å².